The molecule has 0 bridgehead atoms. The molecule has 0 aromatic heterocycles. The largest absolute Gasteiger partial charge is 0.379 e. The first-order chi connectivity index (χ1) is 10.6. The summed E-state index contributed by atoms with van der Waals surface area (Å²) in [5.74, 6) is 1.40. The molecule has 1 aliphatic rings. The van der Waals surface area contributed by atoms with Crippen molar-refractivity contribution in [2.45, 2.75) is 78.2 Å². The molecule has 0 N–H and O–H groups in total. The lowest BCUT2D eigenvalue weighted by molar-refractivity contribution is -0.115. The van der Waals surface area contributed by atoms with Gasteiger partial charge in [0.25, 0.3) is 0 Å². The third kappa shape index (κ3) is 7.43. The van der Waals surface area contributed by atoms with Crippen molar-refractivity contribution in [3.05, 3.63) is 0 Å². The van der Waals surface area contributed by atoms with Gasteiger partial charge < -0.3 is 14.2 Å². The van der Waals surface area contributed by atoms with Gasteiger partial charge in [0.2, 0.25) is 0 Å². The highest BCUT2D eigenvalue weighted by Crippen LogP contribution is 2.40. The Balaban J connectivity index is 2.07. The first-order valence-electron chi connectivity index (χ1n) is 9.40. The van der Waals surface area contributed by atoms with E-state index < -0.39 is 0 Å². The monoisotopic (exact) mass is 314 g/mol. The second kappa shape index (κ2) is 11.4. The number of hydrogen-bond acceptors (Lipinski definition) is 3. The zero-order chi connectivity index (χ0) is 16.3. The maximum absolute atomic E-state index is 6.35. The van der Waals surface area contributed by atoms with Gasteiger partial charge in [-0.15, -0.1) is 0 Å². The van der Waals surface area contributed by atoms with Gasteiger partial charge >= 0.3 is 0 Å². The number of hydrogen-bond donors (Lipinski definition) is 0. The van der Waals surface area contributed by atoms with Gasteiger partial charge in [-0.1, -0.05) is 47.0 Å². The van der Waals surface area contributed by atoms with Crippen LogP contribution in [0.15, 0.2) is 0 Å². The van der Waals surface area contributed by atoms with E-state index in [1.807, 2.05) is 0 Å². The third-order valence-electron chi connectivity index (χ3n) is 4.88. The molecule has 2 unspecified atom stereocenters. The first kappa shape index (κ1) is 19.9. The summed E-state index contributed by atoms with van der Waals surface area (Å²) < 4.78 is 17.4. The molecule has 0 saturated heterocycles. The molecular weight excluding hydrogens is 276 g/mol. The molecular formula is C19H38O3. The van der Waals surface area contributed by atoms with Gasteiger partial charge in [-0.3, -0.25) is 0 Å². The normalized spacial score (nSPS) is 25.8. The topological polar surface area (TPSA) is 27.7 Å². The lowest BCUT2D eigenvalue weighted by Gasteiger charge is -2.43. The molecule has 1 aliphatic carbocycles. The van der Waals surface area contributed by atoms with E-state index in [9.17, 15) is 0 Å². The molecule has 132 valence electrons. The van der Waals surface area contributed by atoms with E-state index >= 15 is 0 Å². The van der Waals surface area contributed by atoms with Crippen LogP contribution in [0, 0.1) is 11.8 Å². The highest BCUT2D eigenvalue weighted by atomic mass is 16.5. The van der Waals surface area contributed by atoms with Crippen LogP contribution in [0.2, 0.25) is 0 Å². The lowest BCUT2D eigenvalue weighted by Crippen LogP contribution is -2.43. The van der Waals surface area contributed by atoms with Gasteiger partial charge in [0, 0.05) is 19.8 Å². The second-order valence-electron chi connectivity index (χ2n) is 7.20. The highest BCUT2D eigenvalue weighted by molar-refractivity contribution is 4.89. The molecule has 0 spiro atoms. The minimum absolute atomic E-state index is 0.112. The van der Waals surface area contributed by atoms with Crippen molar-refractivity contribution >= 4 is 0 Å². The van der Waals surface area contributed by atoms with Gasteiger partial charge in [-0.2, -0.15) is 0 Å². The van der Waals surface area contributed by atoms with Crippen LogP contribution >= 0.6 is 0 Å². The minimum Gasteiger partial charge on any atom is -0.379 e. The molecule has 22 heavy (non-hydrogen) atoms. The predicted octanol–water partition coefficient (Wildman–Crippen LogP) is 4.83. The maximum atomic E-state index is 6.35. The summed E-state index contributed by atoms with van der Waals surface area (Å²) in [7, 11) is 0. The van der Waals surface area contributed by atoms with Crippen LogP contribution in [0.5, 0.6) is 0 Å². The number of rotatable bonds is 12. The van der Waals surface area contributed by atoms with E-state index in [0.29, 0.717) is 19.1 Å². The molecule has 1 rings (SSSR count). The molecule has 0 aromatic rings. The van der Waals surface area contributed by atoms with Crippen molar-refractivity contribution in [1.82, 2.24) is 0 Å². The standard InChI is InChI=1S/C19H38O3/c1-5-6-11-20-14-15-21-12-8-13-22-19(17(2)3)10-7-9-18(4)16-19/h17-18H,5-16H2,1-4H3. The van der Waals surface area contributed by atoms with Gasteiger partial charge in [0.05, 0.1) is 18.8 Å². The zero-order valence-electron chi connectivity index (χ0n) is 15.4. The van der Waals surface area contributed by atoms with Gasteiger partial charge in [-0.05, 0) is 37.5 Å². The van der Waals surface area contributed by atoms with Crippen molar-refractivity contribution in [3.8, 4) is 0 Å². The third-order valence-corrected chi connectivity index (χ3v) is 4.88. The predicted molar refractivity (Wildman–Crippen MR) is 92.3 cm³/mol. The van der Waals surface area contributed by atoms with E-state index in [2.05, 4.69) is 27.7 Å². The van der Waals surface area contributed by atoms with Crippen LogP contribution in [0.4, 0.5) is 0 Å². The Morgan fingerprint density at radius 1 is 1.00 bits per heavy atom. The summed E-state index contributed by atoms with van der Waals surface area (Å²) in [6.07, 6.45) is 8.43. The Kier molecular flexibility index (Phi) is 10.3. The van der Waals surface area contributed by atoms with Crippen LogP contribution in [0.1, 0.15) is 72.6 Å². The van der Waals surface area contributed by atoms with E-state index in [-0.39, 0.29) is 5.60 Å². The molecule has 1 fully saturated rings. The fraction of sp³-hybridized carbons (Fsp3) is 1.00. The van der Waals surface area contributed by atoms with E-state index in [1.165, 1.54) is 32.1 Å². The molecule has 0 amide bonds. The zero-order valence-corrected chi connectivity index (χ0v) is 15.4. The SMILES string of the molecule is CCCCOCCOCCCOC1(C(C)C)CCCC(C)C1. The number of unbranched alkanes of at least 4 members (excludes halogenated alkanes) is 1. The number of ether oxygens (including phenoxy) is 3. The van der Waals surface area contributed by atoms with Crippen molar-refractivity contribution in [1.29, 1.82) is 0 Å². The van der Waals surface area contributed by atoms with E-state index in [1.54, 1.807) is 0 Å². The van der Waals surface area contributed by atoms with E-state index in [0.717, 1.165) is 38.6 Å². The summed E-state index contributed by atoms with van der Waals surface area (Å²) in [6, 6.07) is 0. The molecule has 2 atom stereocenters. The van der Waals surface area contributed by atoms with Crippen molar-refractivity contribution in [3.63, 3.8) is 0 Å². The fourth-order valence-corrected chi connectivity index (χ4v) is 3.37. The summed E-state index contributed by atoms with van der Waals surface area (Å²) in [4.78, 5) is 0. The van der Waals surface area contributed by atoms with Crippen molar-refractivity contribution < 1.29 is 14.2 Å². The van der Waals surface area contributed by atoms with Crippen LogP contribution < -0.4 is 0 Å². The molecule has 0 aliphatic heterocycles. The Hall–Kier alpha value is -0.120. The molecule has 0 radical (unpaired) electrons. The first-order valence-corrected chi connectivity index (χ1v) is 9.40. The maximum Gasteiger partial charge on any atom is 0.0707 e. The van der Waals surface area contributed by atoms with Gasteiger partial charge in [-0.25, -0.2) is 0 Å². The molecule has 3 nitrogen and oxygen atoms in total. The average molecular weight is 315 g/mol. The second-order valence-corrected chi connectivity index (χ2v) is 7.20. The quantitative estimate of drug-likeness (QED) is 0.483. The van der Waals surface area contributed by atoms with Crippen LogP contribution in [-0.2, 0) is 14.2 Å². The molecule has 1 saturated carbocycles. The lowest BCUT2D eigenvalue weighted by atomic mass is 9.73. The highest BCUT2D eigenvalue weighted by Gasteiger charge is 2.38. The fourth-order valence-electron chi connectivity index (χ4n) is 3.37. The average Bonchev–Trinajstić information content (AvgIpc) is 2.49. The Morgan fingerprint density at radius 3 is 2.27 bits per heavy atom. The van der Waals surface area contributed by atoms with E-state index in [4.69, 9.17) is 14.2 Å². The van der Waals surface area contributed by atoms with Crippen molar-refractivity contribution in [2.75, 3.05) is 33.0 Å². The summed E-state index contributed by atoms with van der Waals surface area (Å²) >= 11 is 0. The summed E-state index contributed by atoms with van der Waals surface area (Å²) in [6.45, 7) is 13.0. The Bertz CT molecular complexity index is 267. The Morgan fingerprint density at radius 2 is 1.68 bits per heavy atom. The van der Waals surface area contributed by atoms with Crippen molar-refractivity contribution in [2.24, 2.45) is 11.8 Å². The van der Waals surface area contributed by atoms with Crippen LogP contribution in [-0.4, -0.2) is 38.6 Å². The van der Waals surface area contributed by atoms with Gasteiger partial charge in [0.1, 0.15) is 0 Å². The minimum atomic E-state index is 0.112. The summed E-state index contributed by atoms with van der Waals surface area (Å²) in [5, 5.41) is 0. The van der Waals surface area contributed by atoms with Crippen LogP contribution in [0.25, 0.3) is 0 Å². The molecule has 0 aromatic carbocycles. The molecule has 0 heterocycles. The smallest absolute Gasteiger partial charge is 0.0707 e. The van der Waals surface area contributed by atoms with Crippen LogP contribution in [0.3, 0.4) is 0 Å². The summed E-state index contributed by atoms with van der Waals surface area (Å²) in [5.41, 5.74) is 0.112. The molecule has 3 heteroatoms. The van der Waals surface area contributed by atoms with Gasteiger partial charge in [0.15, 0.2) is 0 Å². The Labute approximate surface area is 138 Å².